The smallest absolute Gasteiger partial charge is 0.284 e. The van der Waals surface area contributed by atoms with E-state index in [4.69, 9.17) is 10.2 Å². The molecule has 0 radical (unpaired) electrons. The van der Waals surface area contributed by atoms with Gasteiger partial charge in [-0.1, -0.05) is 30.3 Å². The highest BCUT2D eigenvalue weighted by molar-refractivity contribution is 5.89. The zero-order chi connectivity index (χ0) is 19.1. The highest BCUT2D eigenvalue weighted by Gasteiger charge is 2.23. The zero-order valence-corrected chi connectivity index (χ0v) is 15.6. The molecule has 1 aromatic carbocycles. The van der Waals surface area contributed by atoms with Crippen LogP contribution in [0.5, 0.6) is 0 Å². The van der Waals surface area contributed by atoms with Crippen molar-refractivity contribution < 1.29 is 9.21 Å². The molecular formula is C20H27N5O2. The molecule has 7 heteroatoms. The van der Waals surface area contributed by atoms with Gasteiger partial charge in [-0.25, -0.2) is 0 Å². The number of benzene rings is 1. The third-order valence-corrected chi connectivity index (χ3v) is 4.79. The molecule has 0 saturated carbocycles. The van der Waals surface area contributed by atoms with Gasteiger partial charge in [-0.15, -0.1) is 0 Å². The number of guanidine groups is 1. The standard InChI is InChI=1S/C20H27N5O2/c1-22-20(23-13-16-9-10-18(27-16)19(21)26)24-14-17(25-11-5-6-12-25)15-7-3-2-4-8-15/h2-4,7-10,17H,5-6,11-14H2,1H3,(H2,21,26)(H2,22,23,24). The molecule has 2 heterocycles. The van der Waals surface area contributed by atoms with E-state index in [1.54, 1.807) is 19.2 Å². The van der Waals surface area contributed by atoms with Crippen molar-refractivity contribution in [1.29, 1.82) is 0 Å². The van der Waals surface area contributed by atoms with Gasteiger partial charge in [-0.05, 0) is 43.6 Å². The Hall–Kier alpha value is -2.80. The number of rotatable bonds is 7. The molecule has 7 nitrogen and oxygen atoms in total. The topological polar surface area (TPSA) is 95.9 Å². The lowest BCUT2D eigenvalue weighted by Crippen LogP contribution is -2.42. The molecule has 27 heavy (non-hydrogen) atoms. The lowest BCUT2D eigenvalue weighted by Gasteiger charge is -2.28. The Labute approximate surface area is 159 Å². The Kier molecular flexibility index (Phi) is 6.49. The maximum atomic E-state index is 11.1. The molecule has 0 aliphatic carbocycles. The van der Waals surface area contributed by atoms with Crippen LogP contribution >= 0.6 is 0 Å². The first-order valence-electron chi connectivity index (χ1n) is 9.29. The first-order valence-corrected chi connectivity index (χ1v) is 9.29. The van der Waals surface area contributed by atoms with Gasteiger partial charge in [-0.3, -0.25) is 14.7 Å². The van der Waals surface area contributed by atoms with E-state index in [0.717, 1.165) is 19.6 Å². The maximum absolute atomic E-state index is 11.1. The van der Waals surface area contributed by atoms with Crippen LogP contribution in [0.2, 0.25) is 0 Å². The van der Waals surface area contributed by atoms with Gasteiger partial charge in [0.05, 0.1) is 12.6 Å². The van der Waals surface area contributed by atoms with Gasteiger partial charge in [-0.2, -0.15) is 0 Å². The van der Waals surface area contributed by atoms with E-state index in [9.17, 15) is 4.79 Å². The molecule has 1 unspecified atom stereocenters. The van der Waals surface area contributed by atoms with Crippen LogP contribution < -0.4 is 16.4 Å². The van der Waals surface area contributed by atoms with E-state index >= 15 is 0 Å². The number of hydrogen-bond acceptors (Lipinski definition) is 4. The summed E-state index contributed by atoms with van der Waals surface area (Å²) >= 11 is 0. The predicted octanol–water partition coefficient (Wildman–Crippen LogP) is 1.88. The van der Waals surface area contributed by atoms with E-state index in [1.807, 2.05) is 6.07 Å². The molecule has 144 valence electrons. The molecule has 1 amide bonds. The summed E-state index contributed by atoms with van der Waals surface area (Å²) in [5.41, 5.74) is 6.52. The number of likely N-dealkylation sites (tertiary alicyclic amines) is 1. The number of hydrogen-bond donors (Lipinski definition) is 3. The summed E-state index contributed by atoms with van der Waals surface area (Å²) < 4.78 is 5.39. The van der Waals surface area contributed by atoms with E-state index in [1.165, 1.54) is 18.4 Å². The first-order chi connectivity index (χ1) is 13.2. The van der Waals surface area contributed by atoms with Crippen molar-refractivity contribution >= 4 is 11.9 Å². The molecule has 1 fully saturated rings. The molecule has 2 aromatic rings. The third-order valence-electron chi connectivity index (χ3n) is 4.79. The van der Waals surface area contributed by atoms with Crippen molar-refractivity contribution in [2.75, 3.05) is 26.7 Å². The second-order valence-corrected chi connectivity index (χ2v) is 6.61. The van der Waals surface area contributed by atoms with Crippen LogP contribution in [0.15, 0.2) is 51.9 Å². The zero-order valence-electron chi connectivity index (χ0n) is 15.6. The van der Waals surface area contributed by atoms with Gasteiger partial charge in [0.15, 0.2) is 11.7 Å². The van der Waals surface area contributed by atoms with E-state index in [2.05, 4.69) is 44.8 Å². The fraction of sp³-hybridized carbons (Fsp3) is 0.400. The van der Waals surface area contributed by atoms with E-state index in [0.29, 0.717) is 24.3 Å². The van der Waals surface area contributed by atoms with Crippen LogP contribution in [0.25, 0.3) is 0 Å². The molecule has 1 aliphatic rings. The molecular weight excluding hydrogens is 342 g/mol. The van der Waals surface area contributed by atoms with Crippen LogP contribution in [0.1, 0.15) is 40.8 Å². The van der Waals surface area contributed by atoms with E-state index < -0.39 is 5.91 Å². The number of amides is 1. The average Bonchev–Trinajstić information content (AvgIpc) is 3.37. The Morgan fingerprint density at radius 3 is 2.56 bits per heavy atom. The summed E-state index contributed by atoms with van der Waals surface area (Å²) in [5, 5.41) is 6.62. The summed E-state index contributed by atoms with van der Waals surface area (Å²) in [7, 11) is 1.74. The van der Waals surface area contributed by atoms with Crippen molar-refractivity contribution in [2.45, 2.75) is 25.4 Å². The fourth-order valence-electron chi connectivity index (χ4n) is 3.38. The predicted molar refractivity (Wildman–Crippen MR) is 105 cm³/mol. The number of carbonyl (C=O) groups is 1. The van der Waals surface area contributed by atoms with Gasteiger partial charge in [0, 0.05) is 13.6 Å². The van der Waals surface area contributed by atoms with Gasteiger partial charge >= 0.3 is 0 Å². The van der Waals surface area contributed by atoms with Crippen LogP contribution in [-0.2, 0) is 6.54 Å². The average molecular weight is 369 g/mol. The minimum absolute atomic E-state index is 0.160. The Bertz CT molecular complexity index is 766. The minimum atomic E-state index is -0.569. The number of nitrogens with two attached hydrogens (primary N) is 1. The molecule has 1 aliphatic heterocycles. The second-order valence-electron chi connectivity index (χ2n) is 6.61. The molecule has 0 spiro atoms. The Morgan fingerprint density at radius 1 is 1.19 bits per heavy atom. The van der Waals surface area contributed by atoms with Gasteiger partial charge < -0.3 is 20.8 Å². The molecule has 3 rings (SSSR count). The number of primary amides is 1. The van der Waals surface area contributed by atoms with Crippen LogP contribution in [0, 0.1) is 0 Å². The van der Waals surface area contributed by atoms with Gasteiger partial charge in [0.2, 0.25) is 0 Å². The van der Waals surface area contributed by atoms with Gasteiger partial charge in [0.1, 0.15) is 5.76 Å². The molecule has 1 aromatic heterocycles. The summed E-state index contributed by atoms with van der Waals surface area (Å²) in [4.78, 5) is 17.9. The SMILES string of the molecule is CN=C(NCc1ccc(C(N)=O)o1)NCC(c1ccccc1)N1CCCC1. The molecule has 0 bridgehead atoms. The summed E-state index contributed by atoms with van der Waals surface area (Å²) in [6.07, 6.45) is 2.49. The molecule has 1 atom stereocenters. The number of nitrogens with zero attached hydrogens (tertiary/aromatic N) is 2. The minimum Gasteiger partial charge on any atom is -0.454 e. The number of carbonyl (C=O) groups excluding carboxylic acids is 1. The Balaban J connectivity index is 1.58. The largest absolute Gasteiger partial charge is 0.454 e. The maximum Gasteiger partial charge on any atom is 0.284 e. The van der Waals surface area contributed by atoms with Crippen LogP contribution in [-0.4, -0.2) is 43.4 Å². The number of furan rings is 1. The summed E-state index contributed by atoms with van der Waals surface area (Å²) in [6, 6.07) is 14.2. The lowest BCUT2D eigenvalue weighted by atomic mass is 10.1. The molecule has 1 saturated heterocycles. The first kappa shape index (κ1) is 19.0. The molecule has 4 N–H and O–H groups in total. The van der Waals surface area contributed by atoms with Crippen molar-refractivity contribution in [3.63, 3.8) is 0 Å². The van der Waals surface area contributed by atoms with Crippen molar-refractivity contribution in [2.24, 2.45) is 10.7 Å². The van der Waals surface area contributed by atoms with Gasteiger partial charge in [0.25, 0.3) is 5.91 Å². The lowest BCUT2D eigenvalue weighted by molar-refractivity contribution is 0.0972. The quantitative estimate of drug-likeness (QED) is 0.512. The van der Waals surface area contributed by atoms with Crippen LogP contribution in [0.4, 0.5) is 0 Å². The second kappa shape index (κ2) is 9.23. The highest BCUT2D eigenvalue weighted by Crippen LogP contribution is 2.24. The monoisotopic (exact) mass is 369 g/mol. The van der Waals surface area contributed by atoms with Crippen molar-refractivity contribution in [3.8, 4) is 0 Å². The fourth-order valence-corrected chi connectivity index (χ4v) is 3.38. The summed E-state index contributed by atoms with van der Waals surface area (Å²) in [6.45, 7) is 3.42. The highest BCUT2D eigenvalue weighted by atomic mass is 16.3. The van der Waals surface area contributed by atoms with Crippen molar-refractivity contribution in [3.05, 3.63) is 59.5 Å². The Morgan fingerprint density at radius 2 is 1.93 bits per heavy atom. The number of nitrogens with one attached hydrogen (secondary N) is 2. The van der Waals surface area contributed by atoms with E-state index in [-0.39, 0.29) is 5.76 Å². The number of aliphatic imine (C=N–C) groups is 1. The third kappa shape index (κ3) is 5.10. The normalized spacial score (nSPS) is 16.3. The van der Waals surface area contributed by atoms with Crippen LogP contribution in [0.3, 0.4) is 0 Å². The summed E-state index contributed by atoms with van der Waals surface area (Å²) in [5.74, 6) is 0.908. The van der Waals surface area contributed by atoms with Crippen molar-refractivity contribution in [1.82, 2.24) is 15.5 Å².